The molecule has 0 heterocycles. The van der Waals surface area contributed by atoms with Crippen molar-refractivity contribution in [1.82, 2.24) is 5.32 Å². The fourth-order valence-corrected chi connectivity index (χ4v) is 5.77. The molecule has 0 aliphatic rings. The smallest absolute Gasteiger partial charge is 0.326 e. The van der Waals surface area contributed by atoms with Crippen LogP contribution in [0.4, 0.5) is 0 Å². The van der Waals surface area contributed by atoms with Crippen molar-refractivity contribution in [3.8, 4) is 5.75 Å². The van der Waals surface area contributed by atoms with E-state index < -0.39 is 17.9 Å². The lowest BCUT2D eigenvalue weighted by atomic mass is 9.69. The molecule has 0 radical (unpaired) electrons. The number of amides is 1. The average Bonchev–Trinajstić information content (AvgIpc) is 2.96. The van der Waals surface area contributed by atoms with Gasteiger partial charge in [-0.15, -0.1) is 0 Å². The van der Waals surface area contributed by atoms with Crippen LogP contribution in [0, 0.1) is 19.3 Å². The number of ether oxygens (including phenoxy) is 1. The number of hydrogen-bond donors (Lipinski definition) is 3. The van der Waals surface area contributed by atoms with Gasteiger partial charge in [-0.2, -0.15) is 0 Å². The number of carboxylic acids is 1. The highest BCUT2D eigenvalue weighted by molar-refractivity contribution is 5.84. The molecule has 0 fully saturated rings. The number of rotatable bonds is 14. The lowest BCUT2D eigenvalue weighted by Crippen LogP contribution is -2.44. The van der Waals surface area contributed by atoms with Gasteiger partial charge in [0.15, 0.2) is 6.61 Å². The number of carbonyl (C=O) groups is 2. The van der Waals surface area contributed by atoms with E-state index in [0.29, 0.717) is 5.75 Å². The number of aryl methyl sites for hydroxylation is 3. The van der Waals surface area contributed by atoms with Crippen molar-refractivity contribution in [3.05, 3.63) is 100 Å². The summed E-state index contributed by atoms with van der Waals surface area (Å²) in [7, 11) is 0. The van der Waals surface area contributed by atoms with E-state index in [1.165, 1.54) is 22.3 Å². The zero-order chi connectivity index (χ0) is 31.8. The number of benzene rings is 3. The summed E-state index contributed by atoms with van der Waals surface area (Å²) in [5, 5.41) is 22.7. The average molecular weight is 588 g/mol. The molecule has 6 nitrogen and oxygen atoms in total. The highest BCUT2D eigenvalue weighted by atomic mass is 16.5. The van der Waals surface area contributed by atoms with Gasteiger partial charge in [-0.25, -0.2) is 4.79 Å². The number of nitrogens with one attached hydrogen (secondary N) is 1. The van der Waals surface area contributed by atoms with Crippen molar-refractivity contribution in [2.24, 2.45) is 5.41 Å². The standard InChI is InChI=1S/C37H49NO5/c1-8-37(9-2,29-17-15-28(25(3)21-29)16-20-33(39)36(5,6)7)30-18-19-32(26(4)22-30)43-24-34(40)38-31(35(41)42)23-27-13-11-10-12-14-27/h10-15,17-19,21-22,31,33,39H,8-9,16,20,23-24H2,1-7H3,(H,38,40)(H,41,42)/t31?,33-/m1/s1. The summed E-state index contributed by atoms with van der Waals surface area (Å²) < 4.78 is 5.85. The van der Waals surface area contributed by atoms with Crippen molar-refractivity contribution in [2.75, 3.05) is 6.61 Å². The first-order valence-electron chi connectivity index (χ1n) is 15.4. The highest BCUT2D eigenvalue weighted by Crippen LogP contribution is 2.41. The number of carboxylic acid groups (broad SMARTS) is 1. The number of aliphatic carboxylic acids is 1. The highest BCUT2D eigenvalue weighted by Gasteiger charge is 2.32. The van der Waals surface area contributed by atoms with E-state index in [9.17, 15) is 19.8 Å². The first kappa shape index (κ1) is 33.9. The molecule has 1 unspecified atom stereocenters. The zero-order valence-corrected chi connectivity index (χ0v) is 26.9. The molecule has 3 N–H and O–H groups in total. The molecule has 2 atom stereocenters. The summed E-state index contributed by atoms with van der Waals surface area (Å²) >= 11 is 0. The molecule has 1 amide bonds. The molecule has 0 aromatic heterocycles. The Bertz CT molecular complexity index is 1370. The van der Waals surface area contributed by atoms with Crippen LogP contribution in [-0.4, -0.2) is 40.8 Å². The molecule has 43 heavy (non-hydrogen) atoms. The Morgan fingerprint density at radius 1 is 0.884 bits per heavy atom. The Balaban J connectivity index is 1.72. The normalized spacial score (nSPS) is 13.3. The third-order valence-corrected chi connectivity index (χ3v) is 8.79. The minimum atomic E-state index is -1.08. The van der Waals surface area contributed by atoms with Gasteiger partial charge in [0.05, 0.1) is 6.10 Å². The largest absolute Gasteiger partial charge is 0.484 e. The van der Waals surface area contributed by atoms with Crippen molar-refractivity contribution < 1.29 is 24.5 Å². The van der Waals surface area contributed by atoms with Crippen molar-refractivity contribution in [1.29, 1.82) is 0 Å². The van der Waals surface area contributed by atoms with E-state index in [4.69, 9.17) is 4.74 Å². The third kappa shape index (κ3) is 8.70. The molecule has 0 saturated carbocycles. The predicted molar refractivity (Wildman–Crippen MR) is 173 cm³/mol. The summed E-state index contributed by atoms with van der Waals surface area (Å²) in [6.07, 6.45) is 3.27. The van der Waals surface area contributed by atoms with Crippen LogP contribution in [0.15, 0.2) is 66.7 Å². The molecule has 0 saturated heterocycles. The van der Waals surface area contributed by atoms with Gasteiger partial charge >= 0.3 is 5.97 Å². The van der Waals surface area contributed by atoms with Gasteiger partial charge in [-0.1, -0.05) is 95.3 Å². The molecule has 3 aromatic carbocycles. The van der Waals surface area contributed by atoms with E-state index in [0.717, 1.165) is 36.8 Å². The Labute approximate surface area is 257 Å². The minimum absolute atomic E-state index is 0.131. The quantitative estimate of drug-likeness (QED) is 0.190. The van der Waals surface area contributed by atoms with Gasteiger partial charge in [0.1, 0.15) is 11.8 Å². The predicted octanol–water partition coefficient (Wildman–Crippen LogP) is 6.94. The summed E-state index contributed by atoms with van der Waals surface area (Å²) in [4.78, 5) is 24.4. The SMILES string of the molecule is CCC(CC)(c1ccc(CC[C@@H](O)C(C)(C)C)c(C)c1)c1ccc(OCC(=O)NC(Cc2ccccc2)C(=O)O)c(C)c1. The van der Waals surface area contributed by atoms with Crippen LogP contribution < -0.4 is 10.1 Å². The molecule has 3 rings (SSSR count). The van der Waals surface area contributed by atoms with Crippen molar-refractivity contribution in [2.45, 2.75) is 98.1 Å². The monoisotopic (exact) mass is 587 g/mol. The van der Waals surface area contributed by atoms with Crippen LogP contribution in [0.1, 0.15) is 87.3 Å². The van der Waals surface area contributed by atoms with E-state index in [1.54, 1.807) is 0 Å². The van der Waals surface area contributed by atoms with Crippen LogP contribution in [0.25, 0.3) is 0 Å². The van der Waals surface area contributed by atoms with Crippen LogP contribution in [0.3, 0.4) is 0 Å². The van der Waals surface area contributed by atoms with Gasteiger partial charge in [-0.05, 0) is 84.4 Å². The summed E-state index contributed by atoms with van der Waals surface area (Å²) in [5.74, 6) is -0.966. The third-order valence-electron chi connectivity index (χ3n) is 8.79. The van der Waals surface area contributed by atoms with Crippen LogP contribution in [0.2, 0.25) is 0 Å². The Morgan fingerprint density at radius 2 is 1.49 bits per heavy atom. The van der Waals surface area contributed by atoms with Gasteiger partial charge in [0.2, 0.25) is 0 Å². The lowest BCUT2D eigenvalue weighted by molar-refractivity contribution is -0.142. The first-order valence-corrected chi connectivity index (χ1v) is 15.4. The number of aliphatic hydroxyl groups excluding tert-OH is 1. The summed E-state index contributed by atoms with van der Waals surface area (Å²) in [5.41, 5.74) is 6.40. The second-order valence-electron chi connectivity index (χ2n) is 12.8. The number of carbonyl (C=O) groups excluding carboxylic acids is 1. The number of aliphatic hydroxyl groups is 1. The second kappa shape index (κ2) is 14.7. The van der Waals surface area contributed by atoms with Crippen LogP contribution in [0.5, 0.6) is 5.75 Å². The first-order chi connectivity index (χ1) is 20.3. The van der Waals surface area contributed by atoms with Crippen LogP contribution in [-0.2, 0) is 27.8 Å². The lowest BCUT2D eigenvalue weighted by Gasteiger charge is -2.34. The molecule has 0 aliphatic heterocycles. The van der Waals surface area contributed by atoms with Gasteiger partial charge in [0.25, 0.3) is 5.91 Å². The topological polar surface area (TPSA) is 95.9 Å². The van der Waals surface area contributed by atoms with Gasteiger partial charge < -0.3 is 20.3 Å². The Kier molecular flexibility index (Phi) is 11.6. The zero-order valence-electron chi connectivity index (χ0n) is 26.9. The van der Waals surface area contributed by atoms with Crippen LogP contribution >= 0.6 is 0 Å². The molecular formula is C37H49NO5. The summed E-state index contributed by atoms with van der Waals surface area (Å²) in [6, 6.07) is 21.1. The molecule has 0 aliphatic carbocycles. The summed E-state index contributed by atoms with van der Waals surface area (Å²) in [6.45, 7) is 14.5. The van der Waals surface area contributed by atoms with E-state index in [1.807, 2.05) is 43.3 Å². The molecule has 0 bridgehead atoms. The molecular weight excluding hydrogens is 538 g/mol. The molecule has 0 spiro atoms. The fraction of sp³-hybridized carbons (Fsp3) is 0.459. The number of hydrogen-bond acceptors (Lipinski definition) is 4. The molecule has 232 valence electrons. The maximum atomic E-state index is 12.6. The van der Waals surface area contributed by atoms with E-state index in [-0.39, 0.29) is 30.0 Å². The maximum Gasteiger partial charge on any atom is 0.326 e. The van der Waals surface area contributed by atoms with Crippen molar-refractivity contribution >= 4 is 11.9 Å². The fourth-order valence-electron chi connectivity index (χ4n) is 5.77. The maximum absolute atomic E-state index is 12.6. The Morgan fingerprint density at radius 3 is 2.02 bits per heavy atom. The van der Waals surface area contributed by atoms with Gasteiger partial charge in [0, 0.05) is 11.8 Å². The second-order valence-corrected chi connectivity index (χ2v) is 12.8. The molecule has 6 heteroatoms. The minimum Gasteiger partial charge on any atom is -0.484 e. The van der Waals surface area contributed by atoms with E-state index >= 15 is 0 Å². The molecule has 3 aromatic rings. The Hall–Kier alpha value is -3.64. The van der Waals surface area contributed by atoms with E-state index in [2.05, 4.69) is 77.2 Å². The van der Waals surface area contributed by atoms with Crippen molar-refractivity contribution in [3.63, 3.8) is 0 Å². The van der Waals surface area contributed by atoms with Gasteiger partial charge in [-0.3, -0.25) is 4.79 Å².